The van der Waals surface area contributed by atoms with E-state index in [9.17, 15) is 19.6 Å². The number of nitrogens with zero attached hydrogens (tertiary/aromatic N) is 2. The van der Waals surface area contributed by atoms with Gasteiger partial charge in [0.2, 0.25) is 0 Å². The van der Waals surface area contributed by atoms with Crippen LogP contribution in [0.4, 0.5) is 4.39 Å². The molecule has 3 aromatic rings. The smallest absolute Gasteiger partial charge is 0.341 e. The maximum atomic E-state index is 13.5. The van der Waals surface area contributed by atoms with E-state index in [1.54, 1.807) is 24.3 Å². The van der Waals surface area contributed by atoms with E-state index in [1.807, 2.05) is 6.07 Å². The van der Waals surface area contributed by atoms with Crippen LogP contribution in [-0.4, -0.2) is 27.7 Å². The number of hydrogen-bond donors (Lipinski definition) is 2. The fourth-order valence-electron chi connectivity index (χ4n) is 2.24. The molecule has 0 spiro atoms. The number of allylic oxidation sites excluding steroid dienone is 1. The van der Waals surface area contributed by atoms with Crippen molar-refractivity contribution >= 4 is 22.6 Å². The summed E-state index contributed by atoms with van der Waals surface area (Å²) >= 11 is 0. The first-order valence-electron chi connectivity index (χ1n) is 7.29. The van der Waals surface area contributed by atoms with E-state index in [-0.39, 0.29) is 17.0 Å². The molecule has 1 aromatic heterocycles. The number of rotatable bonds is 4. The predicted octanol–water partition coefficient (Wildman–Crippen LogP) is 3.35. The van der Waals surface area contributed by atoms with Gasteiger partial charge in [-0.1, -0.05) is 24.3 Å². The minimum Gasteiger partial charge on any atom is -0.507 e. The van der Waals surface area contributed by atoms with Gasteiger partial charge in [0.15, 0.2) is 11.6 Å². The van der Waals surface area contributed by atoms with Gasteiger partial charge >= 0.3 is 5.97 Å². The van der Waals surface area contributed by atoms with Crippen LogP contribution in [0.25, 0.3) is 16.6 Å². The van der Waals surface area contributed by atoms with E-state index >= 15 is 0 Å². The SMILES string of the molecule is N#CC(=C(O)COC(=O)c1ccccc1F)c1nc2ccccc2[nH]1. The number of imidazole rings is 1. The lowest BCUT2D eigenvalue weighted by molar-refractivity contribution is 0.0497. The first kappa shape index (κ1) is 16.2. The summed E-state index contributed by atoms with van der Waals surface area (Å²) in [6.07, 6.45) is 0. The second-order valence-electron chi connectivity index (χ2n) is 5.09. The van der Waals surface area contributed by atoms with Crippen molar-refractivity contribution in [2.24, 2.45) is 0 Å². The molecule has 0 aliphatic heterocycles. The van der Waals surface area contributed by atoms with Crippen molar-refractivity contribution < 1.29 is 19.0 Å². The third-order valence-electron chi connectivity index (χ3n) is 3.46. The Labute approximate surface area is 141 Å². The Morgan fingerprint density at radius 1 is 1.24 bits per heavy atom. The number of H-pyrrole nitrogens is 1. The second-order valence-corrected chi connectivity index (χ2v) is 5.09. The molecular formula is C18H12FN3O3. The molecule has 0 aliphatic rings. The summed E-state index contributed by atoms with van der Waals surface area (Å²) in [4.78, 5) is 19.0. The Morgan fingerprint density at radius 3 is 2.68 bits per heavy atom. The van der Waals surface area contributed by atoms with E-state index in [4.69, 9.17) is 4.74 Å². The fourth-order valence-corrected chi connectivity index (χ4v) is 2.24. The van der Waals surface area contributed by atoms with Crippen molar-refractivity contribution in [1.29, 1.82) is 5.26 Å². The number of aromatic amines is 1. The van der Waals surface area contributed by atoms with Gasteiger partial charge < -0.3 is 14.8 Å². The summed E-state index contributed by atoms with van der Waals surface area (Å²) in [6, 6.07) is 14.3. The number of ether oxygens (including phenoxy) is 1. The number of halogens is 1. The molecule has 2 N–H and O–H groups in total. The van der Waals surface area contributed by atoms with Crippen molar-refractivity contribution in [3.63, 3.8) is 0 Å². The summed E-state index contributed by atoms with van der Waals surface area (Å²) in [5, 5.41) is 19.4. The average Bonchev–Trinajstić information content (AvgIpc) is 3.04. The highest BCUT2D eigenvalue weighted by atomic mass is 19.1. The molecule has 6 nitrogen and oxygen atoms in total. The van der Waals surface area contributed by atoms with Crippen LogP contribution < -0.4 is 0 Å². The van der Waals surface area contributed by atoms with E-state index in [1.165, 1.54) is 18.2 Å². The molecule has 0 saturated heterocycles. The molecule has 0 radical (unpaired) electrons. The highest BCUT2D eigenvalue weighted by Gasteiger charge is 2.17. The summed E-state index contributed by atoms with van der Waals surface area (Å²) in [7, 11) is 0. The minimum atomic E-state index is -0.938. The number of nitriles is 1. The maximum Gasteiger partial charge on any atom is 0.341 e. The van der Waals surface area contributed by atoms with Gasteiger partial charge in [-0.3, -0.25) is 0 Å². The predicted molar refractivity (Wildman–Crippen MR) is 87.9 cm³/mol. The molecule has 3 rings (SSSR count). The molecule has 25 heavy (non-hydrogen) atoms. The molecule has 0 aliphatic carbocycles. The molecule has 124 valence electrons. The zero-order valence-electron chi connectivity index (χ0n) is 12.9. The molecule has 0 atom stereocenters. The quantitative estimate of drug-likeness (QED) is 0.432. The third-order valence-corrected chi connectivity index (χ3v) is 3.46. The van der Waals surface area contributed by atoms with Gasteiger partial charge in [-0.2, -0.15) is 5.26 Å². The molecule has 0 bridgehead atoms. The lowest BCUT2D eigenvalue weighted by atomic mass is 10.2. The van der Waals surface area contributed by atoms with Gasteiger partial charge in [-0.15, -0.1) is 0 Å². The summed E-state index contributed by atoms with van der Waals surface area (Å²) in [5.74, 6) is -1.99. The van der Waals surface area contributed by atoms with Crippen LogP contribution in [0.1, 0.15) is 16.2 Å². The van der Waals surface area contributed by atoms with Gasteiger partial charge in [-0.05, 0) is 24.3 Å². The zero-order chi connectivity index (χ0) is 17.8. The summed E-state index contributed by atoms with van der Waals surface area (Å²) < 4.78 is 18.4. The normalized spacial score (nSPS) is 11.7. The Balaban J connectivity index is 1.81. The number of benzene rings is 2. The number of aromatic nitrogens is 2. The zero-order valence-corrected chi connectivity index (χ0v) is 12.9. The molecule has 0 saturated carbocycles. The number of hydrogen-bond acceptors (Lipinski definition) is 5. The van der Waals surface area contributed by atoms with Crippen molar-refractivity contribution in [3.8, 4) is 6.07 Å². The van der Waals surface area contributed by atoms with Gasteiger partial charge in [0, 0.05) is 0 Å². The van der Waals surface area contributed by atoms with Crippen LogP contribution >= 0.6 is 0 Å². The fraction of sp³-hybridized carbons (Fsp3) is 0.0556. The molecule has 1 heterocycles. The van der Waals surface area contributed by atoms with Crippen LogP contribution in [0.15, 0.2) is 54.3 Å². The number of esters is 1. The van der Waals surface area contributed by atoms with E-state index in [2.05, 4.69) is 9.97 Å². The minimum absolute atomic E-state index is 0.155. The highest BCUT2D eigenvalue weighted by Crippen LogP contribution is 2.19. The van der Waals surface area contributed by atoms with Gasteiger partial charge in [0.25, 0.3) is 0 Å². The second kappa shape index (κ2) is 6.84. The van der Waals surface area contributed by atoms with Crippen LogP contribution in [0.2, 0.25) is 0 Å². The lowest BCUT2D eigenvalue weighted by Crippen LogP contribution is -2.10. The number of aliphatic hydroxyl groups excluding tert-OH is 1. The highest BCUT2D eigenvalue weighted by molar-refractivity contribution is 5.90. The van der Waals surface area contributed by atoms with Crippen LogP contribution in [-0.2, 0) is 4.74 Å². The number of carbonyl (C=O) groups is 1. The van der Waals surface area contributed by atoms with Gasteiger partial charge in [0.1, 0.15) is 24.1 Å². The third kappa shape index (κ3) is 3.33. The van der Waals surface area contributed by atoms with Crippen LogP contribution in [0.5, 0.6) is 0 Å². The number of fused-ring (bicyclic) bond motifs is 1. The topological polar surface area (TPSA) is 99.0 Å². The molecule has 2 aromatic carbocycles. The van der Waals surface area contributed by atoms with Crippen molar-refractivity contribution in [2.45, 2.75) is 0 Å². The van der Waals surface area contributed by atoms with Gasteiger partial charge in [0.05, 0.1) is 16.6 Å². The Hall–Kier alpha value is -3.66. The Morgan fingerprint density at radius 2 is 1.96 bits per heavy atom. The Kier molecular flexibility index (Phi) is 4.44. The molecule has 7 heteroatoms. The van der Waals surface area contributed by atoms with Crippen molar-refractivity contribution in [3.05, 3.63) is 71.5 Å². The van der Waals surface area contributed by atoms with Crippen LogP contribution in [0, 0.1) is 17.1 Å². The number of aliphatic hydroxyl groups is 1. The lowest BCUT2D eigenvalue weighted by Gasteiger charge is -2.06. The summed E-state index contributed by atoms with van der Waals surface area (Å²) in [5.41, 5.74) is 0.915. The van der Waals surface area contributed by atoms with E-state index < -0.39 is 24.2 Å². The first-order chi connectivity index (χ1) is 12.1. The first-order valence-corrected chi connectivity index (χ1v) is 7.29. The molecule has 0 amide bonds. The monoisotopic (exact) mass is 337 g/mol. The largest absolute Gasteiger partial charge is 0.507 e. The van der Waals surface area contributed by atoms with Crippen molar-refractivity contribution in [2.75, 3.05) is 6.61 Å². The van der Waals surface area contributed by atoms with Crippen molar-refractivity contribution in [1.82, 2.24) is 9.97 Å². The summed E-state index contributed by atoms with van der Waals surface area (Å²) in [6.45, 7) is -0.576. The molecule has 0 unspecified atom stereocenters. The van der Waals surface area contributed by atoms with Gasteiger partial charge in [-0.25, -0.2) is 14.2 Å². The van der Waals surface area contributed by atoms with Crippen LogP contribution in [0.3, 0.4) is 0 Å². The van der Waals surface area contributed by atoms with E-state index in [0.29, 0.717) is 11.0 Å². The maximum absolute atomic E-state index is 13.5. The number of nitrogens with one attached hydrogen (secondary N) is 1. The molecular weight excluding hydrogens is 325 g/mol. The average molecular weight is 337 g/mol. The standard InChI is InChI=1S/C18H12FN3O3/c19-13-6-2-1-5-11(13)18(24)25-10-16(23)12(9-20)17-21-14-7-3-4-8-15(14)22-17/h1-8,23H,10H2,(H,21,22). The molecule has 0 fully saturated rings. The number of carbonyl (C=O) groups excluding carboxylic acids is 1. The Bertz CT molecular complexity index is 985. The van der Waals surface area contributed by atoms with E-state index in [0.717, 1.165) is 6.07 Å². The number of para-hydroxylation sites is 2.